The van der Waals surface area contributed by atoms with E-state index in [0.29, 0.717) is 24.5 Å². The Balaban J connectivity index is 1.87. The maximum Gasteiger partial charge on any atom is 0.272 e. The number of hydrogen-bond acceptors (Lipinski definition) is 3. The number of rotatable bonds is 6. The number of aromatic nitrogens is 2. The molecule has 122 valence electrons. The molecule has 0 spiro atoms. The van der Waals surface area contributed by atoms with Crippen LogP contribution in [0.25, 0.3) is 5.69 Å². The second-order valence-corrected chi connectivity index (χ2v) is 5.74. The molecule has 1 aromatic carbocycles. The van der Waals surface area contributed by atoms with Gasteiger partial charge < -0.3 is 11.1 Å². The van der Waals surface area contributed by atoms with Gasteiger partial charge in [-0.1, -0.05) is 12.1 Å². The van der Waals surface area contributed by atoms with E-state index in [4.69, 9.17) is 5.73 Å². The fraction of sp³-hybridized carbons (Fsp3) is 0.412. The molecule has 0 aliphatic heterocycles. The first-order chi connectivity index (χ1) is 11.2. The zero-order valence-corrected chi connectivity index (χ0v) is 13.0. The number of nitrogens with zero attached hydrogens (tertiary/aromatic N) is 2. The molecule has 23 heavy (non-hydrogen) atoms. The van der Waals surface area contributed by atoms with Gasteiger partial charge in [-0.15, -0.1) is 0 Å². The molecule has 1 aliphatic carbocycles. The van der Waals surface area contributed by atoms with E-state index in [9.17, 15) is 9.18 Å². The van der Waals surface area contributed by atoms with Crippen molar-refractivity contribution in [2.24, 2.45) is 5.73 Å². The third-order valence-electron chi connectivity index (χ3n) is 4.14. The number of hydrogen-bond donors (Lipinski definition) is 2. The molecule has 0 bridgehead atoms. The Morgan fingerprint density at radius 3 is 2.91 bits per heavy atom. The molecular weight excluding hydrogens is 295 g/mol. The summed E-state index contributed by atoms with van der Waals surface area (Å²) in [7, 11) is 0. The van der Waals surface area contributed by atoms with Gasteiger partial charge >= 0.3 is 0 Å². The number of amides is 1. The minimum absolute atomic E-state index is 0.185. The van der Waals surface area contributed by atoms with Gasteiger partial charge in [-0.05, 0) is 50.8 Å². The molecule has 5 nitrogen and oxygen atoms in total. The van der Waals surface area contributed by atoms with Gasteiger partial charge in [0, 0.05) is 17.8 Å². The van der Waals surface area contributed by atoms with E-state index < -0.39 is 0 Å². The smallest absolute Gasteiger partial charge is 0.272 e. The number of halogens is 1. The fourth-order valence-corrected chi connectivity index (χ4v) is 3.00. The van der Waals surface area contributed by atoms with Crippen LogP contribution in [0.4, 0.5) is 4.39 Å². The zero-order chi connectivity index (χ0) is 16.2. The molecule has 1 heterocycles. The average Bonchev–Trinajstić information content (AvgIpc) is 3.14. The van der Waals surface area contributed by atoms with E-state index >= 15 is 0 Å². The minimum Gasteiger partial charge on any atom is -0.351 e. The molecular formula is C17H21FN4O. The molecule has 1 amide bonds. The number of benzene rings is 1. The van der Waals surface area contributed by atoms with Gasteiger partial charge in [-0.3, -0.25) is 4.79 Å². The minimum atomic E-state index is -0.334. The summed E-state index contributed by atoms with van der Waals surface area (Å²) in [5, 5.41) is 7.28. The highest BCUT2D eigenvalue weighted by atomic mass is 19.1. The van der Waals surface area contributed by atoms with Gasteiger partial charge in [0.25, 0.3) is 5.91 Å². The Kier molecular flexibility index (Phi) is 4.71. The monoisotopic (exact) mass is 316 g/mol. The van der Waals surface area contributed by atoms with Crippen molar-refractivity contribution in [1.29, 1.82) is 0 Å². The van der Waals surface area contributed by atoms with Gasteiger partial charge in [0.05, 0.1) is 0 Å². The van der Waals surface area contributed by atoms with Crippen LogP contribution in [0.15, 0.2) is 24.3 Å². The number of carbonyl (C=O) groups excluding carboxylic acids is 1. The second-order valence-electron chi connectivity index (χ2n) is 5.74. The molecule has 3 rings (SSSR count). The lowest BCUT2D eigenvalue weighted by molar-refractivity contribution is 0.0946. The van der Waals surface area contributed by atoms with Gasteiger partial charge in [0.2, 0.25) is 0 Å². The summed E-state index contributed by atoms with van der Waals surface area (Å²) in [6.07, 6.45) is 4.32. The number of unbranched alkanes of at least 4 members (excludes halogenated alkanes) is 1. The van der Waals surface area contributed by atoms with Crippen LogP contribution in [-0.2, 0) is 12.8 Å². The Morgan fingerprint density at radius 2 is 2.13 bits per heavy atom. The normalized spacial score (nSPS) is 13.1. The third-order valence-corrected chi connectivity index (χ3v) is 4.14. The molecule has 0 fully saturated rings. The van der Waals surface area contributed by atoms with Crippen molar-refractivity contribution >= 4 is 5.91 Å². The number of carbonyl (C=O) groups is 1. The summed E-state index contributed by atoms with van der Waals surface area (Å²) >= 11 is 0. The molecule has 6 heteroatoms. The Bertz CT molecular complexity index is 711. The Morgan fingerprint density at radius 1 is 1.30 bits per heavy atom. The number of fused-ring (bicyclic) bond motifs is 1. The van der Waals surface area contributed by atoms with Gasteiger partial charge in [0.15, 0.2) is 5.69 Å². The highest BCUT2D eigenvalue weighted by Crippen LogP contribution is 2.28. The molecule has 0 saturated carbocycles. The summed E-state index contributed by atoms with van der Waals surface area (Å²) in [5.74, 6) is -0.519. The van der Waals surface area contributed by atoms with Crippen LogP contribution in [0.3, 0.4) is 0 Å². The summed E-state index contributed by atoms with van der Waals surface area (Å²) < 4.78 is 15.7. The largest absolute Gasteiger partial charge is 0.351 e. The van der Waals surface area contributed by atoms with E-state index in [0.717, 1.165) is 43.4 Å². The van der Waals surface area contributed by atoms with E-state index in [1.807, 2.05) is 0 Å². The summed E-state index contributed by atoms with van der Waals surface area (Å²) in [6.45, 7) is 1.20. The first-order valence-corrected chi connectivity index (χ1v) is 8.06. The average molecular weight is 316 g/mol. The predicted octanol–water partition coefficient (Wildman–Crippen LogP) is 1.97. The van der Waals surface area contributed by atoms with Crippen molar-refractivity contribution in [1.82, 2.24) is 15.1 Å². The highest BCUT2D eigenvalue weighted by molar-refractivity contribution is 5.94. The molecule has 0 saturated heterocycles. The van der Waals surface area contributed by atoms with Crippen LogP contribution in [0.2, 0.25) is 0 Å². The van der Waals surface area contributed by atoms with Crippen LogP contribution < -0.4 is 11.1 Å². The molecule has 0 unspecified atom stereocenters. The first-order valence-electron chi connectivity index (χ1n) is 8.06. The SMILES string of the molecule is NCCCCNC(=O)c1nn(-c2ccccc2F)c2c1CCC2. The maximum atomic E-state index is 14.1. The number of para-hydroxylation sites is 1. The van der Waals surface area contributed by atoms with Crippen LogP contribution in [0.5, 0.6) is 0 Å². The highest BCUT2D eigenvalue weighted by Gasteiger charge is 2.27. The van der Waals surface area contributed by atoms with E-state index in [1.54, 1.807) is 22.9 Å². The van der Waals surface area contributed by atoms with Crippen molar-refractivity contribution < 1.29 is 9.18 Å². The van der Waals surface area contributed by atoms with Crippen molar-refractivity contribution in [3.8, 4) is 5.69 Å². The third kappa shape index (κ3) is 3.12. The van der Waals surface area contributed by atoms with Crippen molar-refractivity contribution in [2.45, 2.75) is 32.1 Å². The van der Waals surface area contributed by atoms with Gasteiger partial charge in [-0.2, -0.15) is 5.10 Å². The molecule has 1 aliphatic rings. The summed E-state index contributed by atoms with van der Waals surface area (Å²) in [4.78, 5) is 12.4. The lowest BCUT2D eigenvalue weighted by Crippen LogP contribution is -2.26. The fourth-order valence-electron chi connectivity index (χ4n) is 3.00. The lowest BCUT2D eigenvalue weighted by Gasteiger charge is -2.06. The zero-order valence-electron chi connectivity index (χ0n) is 13.0. The quantitative estimate of drug-likeness (QED) is 0.800. The molecule has 0 atom stereocenters. The first kappa shape index (κ1) is 15.7. The number of nitrogens with one attached hydrogen (secondary N) is 1. The van der Waals surface area contributed by atoms with E-state index in [1.165, 1.54) is 6.07 Å². The van der Waals surface area contributed by atoms with Gasteiger partial charge in [-0.25, -0.2) is 9.07 Å². The van der Waals surface area contributed by atoms with E-state index in [2.05, 4.69) is 10.4 Å². The van der Waals surface area contributed by atoms with Crippen LogP contribution in [0, 0.1) is 5.82 Å². The number of nitrogens with two attached hydrogens (primary N) is 1. The Hall–Kier alpha value is -2.21. The van der Waals surface area contributed by atoms with Crippen molar-refractivity contribution in [3.63, 3.8) is 0 Å². The van der Waals surface area contributed by atoms with Crippen LogP contribution in [-0.4, -0.2) is 28.8 Å². The molecule has 0 radical (unpaired) electrons. The lowest BCUT2D eigenvalue weighted by atomic mass is 10.2. The Labute approximate surface area is 134 Å². The van der Waals surface area contributed by atoms with Crippen LogP contribution >= 0.6 is 0 Å². The molecule has 1 aromatic heterocycles. The van der Waals surface area contributed by atoms with E-state index in [-0.39, 0.29) is 11.7 Å². The molecule has 3 N–H and O–H groups in total. The topological polar surface area (TPSA) is 72.9 Å². The standard InChI is InChI=1S/C17H21FN4O/c18-13-7-1-2-8-15(13)22-14-9-5-6-12(14)16(21-22)17(23)20-11-4-3-10-19/h1-2,7-8H,3-6,9-11,19H2,(H,20,23). The van der Waals surface area contributed by atoms with Crippen molar-refractivity contribution in [2.75, 3.05) is 13.1 Å². The maximum absolute atomic E-state index is 14.1. The predicted molar refractivity (Wildman–Crippen MR) is 86.2 cm³/mol. The molecule has 2 aromatic rings. The van der Waals surface area contributed by atoms with Gasteiger partial charge in [0.1, 0.15) is 11.5 Å². The second kappa shape index (κ2) is 6.91. The van der Waals surface area contributed by atoms with Crippen molar-refractivity contribution in [3.05, 3.63) is 47.0 Å². The summed E-state index contributed by atoms with van der Waals surface area (Å²) in [5.41, 5.74) is 8.16. The summed E-state index contributed by atoms with van der Waals surface area (Å²) in [6, 6.07) is 6.51. The van der Waals surface area contributed by atoms with Crippen LogP contribution in [0.1, 0.15) is 41.0 Å².